The van der Waals surface area contributed by atoms with Crippen molar-refractivity contribution in [2.45, 2.75) is 45.3 Å². The number of rotatable bonds is 9. The highest BCUT2D eigenvalue weighted by Crippen LogP contribution is 2.36. The summed E-state index contributed by atoms with van der Waals surface area (Å²) >= 11 is 0. The van der Waals surface area contributed by atoms with Gasteiger partial charge in [0, 0.05) is 19.2 Å². The molecule has 0 saturated carbocycles. The fourth-order valence-corrected chi connectivity index (χ4v) is 3.60. The molecule has 7 heteroatoms. The van der Waals surface area contributed by atoms with E-state index in [0.29, 0.717) is 29.8 Å². The Hall–Kier alpha value is -3.28. The maximum Gasteiger partial charge on any atom is 0.199 e. The van der Waals surface area contributed by atoms with Gasteiger partial charge in [-0.15, -0.1) is 5.73 Å². The smallest absolute Gasteiger partial charge is 0.199 e. The SMILES string of the molecule is C=C=CC(=CC(=C)C1(/C(C)=C/C=C(/OC)C(C)=O)N=C(C)C(N)=N1)CC1CC=NCN1C. The van der Waals surface area contributed by atoms with Crippen molar-refractivity contribution >= 4 is 23.5 Å². The van der Waals surface area contributed by atoms with Crippen molar-refractivity contribution in [3.05, 3.63) is 65.7 Å². The van der Waals surface area contributed by atoms with Gasteiger partial charge in [-0.2, -0.15) is 0 Å². The Labute approximate surface area is 190 Å². The molecule has 0 radical (unpaired) electrons. The molecule has 2 aliphatic heterocycles. The number of nitrogens with zero attached hydrogens (tertiary/aromatic N) is 4. The molecule has 0 amide bonds. The average Bonchev–Trinajstić information content (AvgIpc) is 3.05. The van der Waals surface area contributed by atoms with Crippen LogP contribution in [0.25, 0.3) is 0 Å². The van der Waals surface area contributed by atoms with Gasteiger partial charge in [0.05, 0.1) is 19.5 Å². The van der Waals surface area contributed by atoms with Crippen LogP contribution in [0.15, 0.2) is 80.6 Å². The second-order valence-corrected chi connectivity index (χ2v) is 7.96. The van der Waals surface area contributed by atoms with E-state index >= 15 is 0 Å². The van der Waals surface area contributed by atoms with Gasteiger partial charge in [-0.3, -0.25) is 14.7 Å². The number of ether oxygens (including phenoxy) is 1. The summed E-state index contributed by atoms with van der Waals surface area (Å²) in [6.45, 7) is 13.9. The molecule has 2 heterocycles. The molecular formula is C25H33N5O2. The lowest BCUT2D eigenvalue weighted by Gasteiger charge is -2.29. The molecule has 0 bridgehead atoms. The van der Waals surface area contributed by atoms with Crippen LogP contribution < -0.4 is 5.73 Å². The summed E-state index contributed by atoms with van der Waals surface area (Å²) < 4.78 is 5.15. The van der Waals surface area contributed by atoms with Crippen LogP contribution in [-0.2, 0) is 9.53 Å². The molecule has 0 fully saturated rings. The van der Waals surface area contributed by atoms with Crippen LogP contribution in [0.4, 0.5) is 0 Å². The van der Waals surface area contributed by atoms with Crippen LogP contribution in [0.1, 0.15) is 33.6 Å². The minimum absolute atomic E-state index is 0.169. The summed E-state index contributed by atoms with van der Waals surface area (Å²) in [7, 11) is 3.52. The van der Waals surface area contributed by atoms with Crippen LogP contribution in [0.2, 0.25) is 0 Å². The summed E-state index contributed by atoms with van der Waals surface area (Å²) in [5.74, 6) is 0.435. The highest BCUT2D eigenvalue weighted by molar-refractivity contribution is 6.41. The largest absolute Gasteiger partial charge is 0.493 e. The van der Waals surface area contributed by atoms with E-state index < -0.39 is 5.66 Å². The number of ketones is 1. The minimum atomic E-state index is -1.08. The zero-order chi connectivity index (χ0) is 23.9. The molecule has 0 aliphatic carbocycles. The molecule has 170 valence electrons. The van der Waals surface area contributed by atoms with E-state index in [-0.39, 0.29) is 11.5 Å². The lowest BCUT2D eigenvalue weighted by Crippen LogP contribution is -2.35. The molecule has 0 spiro atoms. The number of nitrogens with two attached hydrogens (primary N) is 1. The number of hydrogen-bond acceptors (Lipinski definition) is 7. The van der Waals surface area contributed by atoms with Gasteiger partial charge in [-0.25, -0.2) is 9.98 Å². The normalized spacial score (nSPS) is 24.5. The van der Waals surface area contributed by atoms with Crippen LogP contribution in [0.3, 0.4) is 0 Å². The lowest BCUT2D eigenvalue weighted by molar-refractivity contribution is -0.116. The number of methoxy groups -OCH3 is 1. The molecule has 2 atom stereocenters. The third-order valence-corrected chi connectivity index (χ3v) is 5.58. The van der Waals surface area contributed by atoms with Gasteiger partial charge in [0.2, 0.25) is 0 Å². The average molecular weight is 436 g/mol. The van der Waals surface area contributed by atoms with Crippen molar-refractivity contribution < 1.29 is 9.53 Å². The van der Waals surface area contributed by atoms with Crippen molar-refractivity contribution in [2.24, 2.45) is 20.7 Å². The number of hydrogen-bond donors (Lipinski definition) is 1. The van der Waals surface area contributed by atoms with Gasteiger partial charge in [0.15, 0.2) is 17.2 Å². The molecule has 32 heavy (non-hydrogen) atoms. The number of carbonyl (C=O) groups is 1. The Kier molecular flexibility index (Phi) is 8.47. The van der Waals surface area contributed by atoms with Crippen LogP contribution in [0.5, 0.6) is 0 Å². The standard InChI is InChI=1S/C25H33N5O2/c1-8-9-21(15-22-12-13-27-16-30(22)6)14-18(3)25(28-19(4)24(26)29-25)17(2)10-11-23(32-7)20(5)31/h9-11,13-14,22H,1,3,12,15-16H2,2,4-7H3,(H2,26,29)/b17-10+,21-14?,23-11+. The molecule has 2 aliphatic rings. The van der Waals surface area contributed by atoms with Gasteiger partial charge in [-0.05, 0) is 62.6 Å². The summed E-state index contributed by atoms with van der Waals surface area (Å²) in [6.07, 6.45) is 10.8. The van der Waals surface area contributed by atoms with E-state index in [9.17, 15) is 4.79 Å². The van der Waals surface area contributed by atoms with Crippen molar-refractivity contribution in [2.75, 3.05) is 20.8 Å². The fourth-order valence-electron chi connectivity index (χ4n) is 3.60. The lowest BCUT2D eigenvalue weighted by atomic mass is 9.90. The highest BCUT2D eigenvalue weighted by Gasteiger charge is 2.38. The van der Waals surface area contributed by atoms with E-state index in [0.717, 1.165) is 24.0 Å². The molecule has 2 N–H and O–H groups in total. The van der Waals surface area contributed by atoms with Gasteiger partial charge in [0.25, 0.3) is 0 Å². The van der Waals surface area contributed by atoms with Gasteiger partial charge in [-0.1, -0.05) is 25.3 Å². The summed E-state index contributed by atoms with van der Waals surface area (Å²) in [5.41, 5.74) is 11.0. The number of Topliss-reactive ketones (excluding diaryl/α,β-unsaturated/α-hetero) is 1. The van der Waals surface area contributed by atoms with E-state index in [1.165, 1.54) is 14.0 Å². The summed E-state index contributed by atoms with van der Waals surface area (Å²) in [4.78, 5) is 27.7. The number of carbonyl (C=O) groups excluding carboxylic acids is 1. The van der Waals surface area contributed by atoms with E-state index in [2.05, 4.69) is 40.8 Å². The first kappa shape index (κ1) is 25.0. The monoisotopic (exact) mass is 435 g/mol. The van der Waals surface area contributed by atoms with Crippen molar-refractivity contribution in [3.8, 4) is 0 Å². The van der Waals surface area contributed by atoms with Crippen LogP contribution in [0, 0.1) is 0 Å². The molecule has 7 nitrogen and oxygen atoms in total. The minimum Gasteiger partial charge on any atom is -0.493 e. The van der Waals surface area contributed by atoms with E-state index in [4.69, 9.17) is 15.5 Å². The molecule has 2 rings (SSSR count). The molecule has 0 aromatic heterocycles. The molecular weight excluding hydrogens is 402 g/mol. The zero-order valence-corrected chi connectivity index (χ0v) is 19.7. The predicted octanol–water partition coefficient (Wildman–Crippen LogP) is 3.53. The summed E-state index contributed by atoms with van der Waals surface area (Å²) in [6, 6.07) is 0.314. The van der Waals surface area contributed by atoms with Crippen LogP contribution in [-0.4, -0.2) is 61.0 Å². The van der Waals surface area contributed by atoms with E-state index in [1.807, 2.05) is 32.2 Å². The quantitative estimate of drug-likeness (QED) is 0.260. The first-order valence-corrected chi connectivity index (χ1v) is 10.4. The van der Waals surface area contributed by atoms with Crippen molar-refractivity contribution in [3.63, 3.8) is 0 Å². The van der Waals surface area contributed by atoms with Gasteiger partial charge >= 0.3 is 0 Å². The van der Waals surface area contributed by atoms with Crippen molar-refractivity contribution in [1.82, 2.24) is 4.90 Å². The number of allylic oxidation sites excluding steroid dienone is 4. The second kappa shape index (κ2) is 10.8. The van der Waals surface area contributed by atoms with Gasteiger partial charge in [0.1, 0.15) is 5.84 Å². The van der Waals surface area contributed by atoms with Gasteiger partial charge < -0.3 is 10.5 Å². The maximum atomic E-state index is 11.7. The number of amidine groups is 1. The maximum absolute atomic E-state index is 11.7. The van der Waals surface area contributed by atoms with E-state index in [1.54, 1.807) is 12.2 Å². The Morgan fingerprint density at radius 1 is 1.41 bits per heavy atom. The predicted molar refractivity (Wildman–Crippen MR) is 132 cm³/mol. The Bertz CT molecular complexity index is 985. The molecule has 2 unspecified atom stereocenters. The van der Waals surface area contributed by atoms with Crippen LogP contribution >= 0.6 is 0 Å². The zero-order valence-electron chi connectivity index (χ0n) is 19.7. The Morgan fingerprint density at radius 3 is 2.66 bits per heavy atom. The Morgan fingerprint density at radius 2 is 2.12 bits per heavy atom. The molecule has 0 aromatic rings. The first-order chi connectivity index (χ1) is 15.1. The molecule has 0 saturated heterocycles. The third-order valence-electron chi connectivity index (χ3n) is 5.58. The molecule has 0 aromatic carbocycles. The topological polar surface area (TPSA) is 92.6 Å². The summed E-state index contributed by atoms with van der Waals surface area (Å²) in [5, 5.41) is 0. The first-order valence-electron chi connectivity index (χ1n) is 10.4. The van der Waals surface area contributed by atoms with Crippen molar-refractivity contribution in [1.29, 1.82) is 0 Å². The number of aliphatic imine (C=N–C) groups is 3. The fraction of sp³-hybridized carbons (Fsp3) is 0.400. The second-order valence-electron chi connectivity index (χ2n) is 7.96. The third kappa shape index (κ3) is 5.69. The highest BCUT2D eigenvalue weighted by atomic mass is 16.5. The Balaban J connectivity index is 2.48.